The lowest BCUT2D eigenvalue weighted by molar-refractivity contribution is 0.747. The Hall–Kier alpha value is -2.18. The first kappa shape index (κ1) is 13.3. The van der Waals surface area contributed by atoms with Crippen LogP contribution >= 0.6 is 0 Å². The number of aromatic nitrogens is 5. The van der Waals surface area contributed by atoms with Crippen molar-refractivity contribution in [3.05, 3.63) is 23.9 Å². The fourth-order valence-corrected chi connectivity index (χ4v) is 1.61. The van der Waals surface area contributed by atoms with Gasteiger partial charge in [0.2, 0.25) is 5.95 Å². The number of anilines is 2. The lowest BCUT2D eigenvalue weighted by atomic mass is 10.4. The van der Waals surface area contributed by atoms with Crippen molar-refractivity contribution in [1.82, 2.24) is 24.7 Å². The number of hydrogen-bond donors (Lipinski definition) is 2. The molecule has 0 atom stereocenters. The molecule has 2 rings (SSSR count). The first-order chi connectivity index (χ1) is 9.17. The van der Waals surface area contributed by atoms with Crippen LogP contribution in [-0.2, 0) is 13.6 Å². The van der Waals surface area contributed by atoms with E-state index in [0.717, 1.165) is 30.3 Å². The highest BCUT2D eigenvalue weighted by Crippen LogP contribution is 2.10. The Morgan fingerprint density at radius 2 is 2.11 bits per heavy atom. The maximum absolute atomic E-state index is 4.40. The van der Waals surface area contributed by atoms with Gasteiger partial charge in [-0.05, 0) is 13.3 Å². The Bertz CT molecular complexity index is 535. The molecule has 2 aromatic rings. The molecule has 19 heavy (non-hydrogen) atoms. The third kappa shape index (κ3) is 3.90. The average molecular weight is 261 g/mol. The minimum Gasteiger partial charge on any atom is -0.363 e. The van der Waals surface area contributed by atoms with Crippen molar-refractivity contribution >= 4 is 11.8 Å². The molecule has 7 nitrogen and oxygen atoms in total. The minimum atomic E-state index is 0.546. The molecular weight excluding hydrogens is 242 g/mol. The van der Waals surface area contributed by atoms with E-state index in [-0.39, 0.29) is 0 Å². The first-order valence-electron chi connectivity index (χ1n) is 6.35. The van der Waals surface area contributed by atoms with Gasteiger partial charge in [-0.3, -0.25) is 4.68 Å². The summed E-state index contributed by atoms with van der Waals surface area (Å²) >= 11 is 0. The monoisotopic (exact) mass is 261 g/mol. The fraction of sp³-hybridized carbons (Fsp3) is 0.500. The Labute approximate surface area is 112 Å². The SMILES string of the molecule is CCCNc1nc(C)cc(NCc2ncn(C)n2)n1. The molecule has 0 unspecified atom stereocenters. The maximum Gasteiger partial charge on any atom is 0.224 e. The van der Waals surface area contributed by atoms with Crippen molar-refractivity contribution in [1.29, 1.82) is 0 Å². The minimum absolute atomic E-state index is 0.546. The van der Waals surface area contributed by atoms with Gasteiger partial charge >= 0.3 is 0 Å². The zero-order valence-corrected chi connectivity index (χ0v) is 11.5. The van der Waals surface area contributed by atoms with Gasteiger partial charge < -0.3 is 10.6 Å². The number of nitrogens with one attached hydrogen (secondary N) is 2. The molecule has 0 bridgehead atoms. The smallest absolute Gasteiger partial charge is 0.224 e. The summed E-state index contributed by atoms with van der Waals surface area (Å²) in [6, 6.07) is 1.90. The van der Waals surface area contributed by atoms with E-state index in [0.29, 0.717) is 12.5 Å². The zero-order chi connectivity index (χ0) is 13.7. The molecule has 0 aromatic carbocycles. The molecule has 0 spiro atoms. The van der Waals surface area contributed by atoms with Crippen molar-refractivity contribution in [2.45, 2.75) is 26.8 Å². The molecule has 0 aliphatic heterocycles. The van der Waals surface area contributed by atoms with E-state index in [1.54, 1.807) is 11.0 Å². The fourth-order valence-electron chi connectivity index (χ4n) is 1.61. The van der Waals surface area contributed by atoms with Gasteiger partial charge in [0.15, 0.2) is 5.82 Å². The molecule has 0 saturated carbocycles. The van der Waals surface area contributed by atoms with E-state index >= 15 is 0 Å². The van der Waals surface area contributed by atoms with E-state index in [1.165, 1.54) is 0 Å². The summed E-state index contributed by atoms with van der Waals surface area (Å²) in [6.07, 6.45) is 2.72. The number of rotatable bonds is 6. The average Bonchev–Trinajstić information content (AvgIpc) is 2.79. The van der Waals surface area contributed by atoms with Crippen LogP contribution in [0.1, 0.15) is 24.9 Å². The molecule has 0 radical (unpaired) electrons. The molecule has 7 heteroatoms. The summed E-state index contributed by atoms with van der Waals surface area (Å²) in [7, 11) is 1.85. The van der Waals surface area contributed by atoms with Crippen LogP contribution in [0.2, 0.25) is 0 Å². The van der Waals surface area contributed by atoms with Gasteiger partial charge in [-0.25, -0.2) is 9.97 Å². The lowest BCUT2D eigenvalue weighted by Gasteiger charge is -2.08. The Morgan fingerprint density at radius 3 is 2.79 bits per heavy atom. The van der Waals surface area contributed by atoms with Gasteiger partial charge in [0.05, 0.1) is 6.54 Å². The zero-order valence-electron chi connectivity index (χ0n) is 11.5. The van der Waals surface area contributed by atoms with E-state index in [2.05, 4.69) is 37.6 Å². The van der Waals surface area contributed by atoms with E-state index < -0.39 is 0 Å². The summed E-state index contributed by atoms with van der Waals surface area (Å²) in [5.41, 5.74) is 0.921. The molecule has 0 saturated heterocycles. The standard InChI is InChI=1S/C12H19N7/c1-4-5-13-12-16-9(2)6-10(17-12)14-7-11-15-8-19(3)18-11/h6,8H,4-5,7H2,1-3H3,(H2,13,14,16,17). The first-order valence-corrected chi connectivity index (χ1v) is 6.35. The summed E-state index contributed by atoms with van der Waals surface area (Å²) in [5, 5.41) is 10.6. The molecule has 0 aliphatic rings. The van der Waals surface area contributed by atoms with Crippen molar-refractivity contribution in [3.8, 4) is 0 Å². The van der Waals surface area contributed by atoms with Crippen LogP contribution < -0.4 is 10.6 Å². The third-order valence-electron chi connectivity index (χ3n) is 2.46. The quantitative estimate of drug-likeness (QED) is 0.817. The third-order valence-corrected chi connectivity index (χ3v) is 2.46. The van der Waals surface area contributed by atoms with Crippen LogP contribution in [0.4, 0.5) is 11.8 Å². The number of hydrogen-bond acceptors (Lipinski definition) is 6. The molecule has 2 heterocycles. The lowest BCUT2D eigenvalue weighted by Crippen LogP contribution is -2.09. The topological polar surface area (TPSA) is 80.5 Å². The summed E-state index contributed by atoms with van der Waals surface area (Å²) in [5.74, 6) is 2.17. The largest absolute Gasteiger partial charge is 0.363 e. The van der Waals surface area contributed by atoms with Gasteiger partial charge in [-0.2, -0.15) is 10.1 Å². The van der Waals surface area contributed by atoms with Crippen LogP contribution in [-0.4, -0.2) is 31.3 Å². The van der Waals surface area contributed by atoms with E-state index in [9.17, 15) is 0 Å². The molecule has 0 amide bonds. The number of aryl methyl sites for hydroxylation is 2. The maximum atomic E-state index is 4.40. The highest BCUT2D eigenvalue weighted by Gasteiger charge is 2.03. The molecule has 102 valence electrons. The predicted molar refractivity (Wildman–Crippen MR) is 73.9 cm³/mol. The van der Waals surface area contributed by atoms with Gasteiger partial charge in [-0.15, -0.1) is 0 Å². The van der Waals surface area contributed by atoms with Crippen molar-refractivity contribution < 1.29 is 0 Å². The molecule has 0 fully saturated rings. The molecule has 2 aromatic heterocycles. The normalized spacial score (nSPS) is 10.5. The van der Waals surface area contributed by atoms with Crippen LogP contribution in [0.3, 0.4) is 0 Å². The summed E-state index contributed by atoms with van der Waals surface area (Å²) in [4.78, 5) is 12.9. The molecular formula is C12H19N7. The van der Waals surface area contributed by atoms with E-state index in [1.807, 2.05) is 20.0 Å². The van der Waals surface area contributed by atoms with Crippen LogP contribution in [0.5, 0.6) is 0 Å². The number of nitrogens with zero attached hydrogens (tertiary/aromatic N) is 5. The van der Waals surface area contributed by atoms with E-state index in [4.69, 9.17) is 0 Å². The van der Waals surface area contributed by atoms with Crippen LogP contribution in [0.25, 0.3) is 0 Å². The molecule has 2 N–H and O–H groups in total. The van der Waals surface area contributed by atoms with Crippen molar-refractivity contribution in [2.24, 2.45) is 7.05 Å². The van der Waals surface area contributed by atoms with Gasteiger partial charge in [0, 0.05) is 25.4 Å². The van der Waals surface area contributed by atoms with Crippen LogP contribution in [0, 0.1) is 6.92 Å². The van der Waals surface area contributed by atoms with Crippen molar-refractivity contribution in [2.75, 3.05) is 17.2 Å². The highest BCUT2D eigenvalue weighted by molar-refractivity contribution is 5.42. The highest BCUT2D eigenvalue weighted by atomic mass is 15.3. The molecule has 0 aliphatic carbocycles. The second-order valence-electron chi connectivity index (χ2n) is 4.33. The second kappa shape index (κ2) is 6.12. The predicted octanol–water partition coefficient (Wildman–Crippen LogP) is 1.35. The Kier molecular flexibility index (Phi) is 4.27. The van der Waals surface area contributed by atoms with Crippen LogP contribution in [0.15, 0.2) is 12.4 Å². The van der Waals surface area contributed by atoms with Crippen molar-refractivity contribution in [3.63, 3.8) is 0 Å². The summed E-state index contributed by atoms with van der Waals surface area (Å²) in [6.45, 7) is 5.47. The van der Waals surface area contributed by atoms with Gasteiger partial charge in [-0.1, -0.05) is 6.92 Å². The Morgan fingerprint density at radius 1 is 1.26 bits per heavy atom. The van der Waals surface area contributed by atoms with Gasteiger partial charge in [0.1, 0.15) is 12.1 Å². The second-order valence-corrected chi connectivity index (χ2v) is 4.33. The summed E-state index contributed by atoms with van der Waals surface area (Å²) < 4.78 is 1.68. The Balaban J connectivity index is 2.01. The van der Waals surface area contributed by atoms with Gasteiger partial charge in [0.25, 0.3) is 0 Å².